The second-order valence-electron chi connectivity index (χ2n) is 9.66. The van der Waals surface area contributed by atoms with E-state index in [1.54, 1.807) is 6.07 Å². The van der Waals surface area contributed by atoms with E-state index in [0.717, 1.165) is 29.9 Å². The van der Waals surface area contributed by atoms with Crippen molar-refractivity contribution in [3.63, 3.8) is 0 Å². The summed E-state index contributed by atoms with van der Waals surface area (Å²) in [4.78, 5) is 26.1. The maximum absolute atomic E-state index is 13.3. The van der Waals surface area contributed by atoms with Crippen LogP contribution < -0.4 is 24.8 Å². The van der Waals surface area contributed by atoms with Gasteiger partial charge in [-0.3, -0.25) is 9.59 Å². The van der Waals surface area contributed by atoms with Crippen molar-refractivity contribution in [2.45, 2.75) is 44.4 Å². The Labute approximate surface area is 192 Å². The number of amides is 2. The zero-order chi connectivity index (χ0) is 22.6. The summed E-state index contributed by atoms with van der Waals surface area (Å²) in [5.41, 5.74) is 0.865. The second-order valence-corrected chi connectivity index (χ2v) is 9.66. The molecule has 5 atom stereocenters. The summed E-state index contributed by atoms with van der Waals surface area (Å²) in [5.74, 6) is 2.31. The van der Waals surface area contributed by atoms with Crippen molar-refractivity contribution < 1.29 is 23.8 Å². The molecule has 0 unspecified atom stereocenters. The Hall–Kier alpha value is -3.22. The van der Waals surface area contributed by atoms with Crippen molar-refractivity contribution in [3.8, 4) is 17.2 Å². The Morgan fingerprint density at radius 3 is 2.73 bits per heavy atom. The lowest BCUT2D eigenvalue weighted by molar-refractivity contribution is -0.147. The molecule has 2 heterocycles. The minimum absolute atomic E-state index is 0.0736. The molecule has 5 aliphatic rings. The van der Waals surface area contributed by atoms with Crippen molar-refractivity contribution in [1.82, 2.24) is 10.6 Å². The smallest absolute Gasteiger partial charge is 0.258 e. The van der Waals surface area contributed by atoms with Gasteiger partial charge in [-0.1, -0.05) is 18.2 Å². The van der Waals surface area contributed by atoms with Crippen LogP contribution in [0.1, 0.15) is 54.6 Å². The molecular formula is C26H28N2O5. The molecule has 2 aliphatic heterocycles. The van der Waals surface area contributed by atoms with E-state index in [2.05, 4.69) is 10.6 Å². The van der Waals surface area contributed by atoms with Crippen molar-refractivity contribution in [3.05, 3.63) is 53.6 Å². The summed E-state index contributed by atoms with van der Waals surface area (Å²) in [6.45, 7) is 3.08. The van der Waals surface area contributed by atoms with Crippen molar-refractivity contribution in [2.75, 3.05) is 13.2 Å². The molecule has 7 heteroatoms. The first-order chi connectivity index (χ1) is 16.0. The number of benzene rings is 2. The normalized spacial score (nSPS) is 30.1. The van der Waals surface area contributed by atoms with E-state index in [-0.39, 0.29) is 35.6 Å². The van der Waals surface area contributed by atoms with Crippen LogP contribution in [0.3, 0.4) is 0 Å². The van der Waals surface area contributed by atoms with Gasteiger partial charge in [-0.05, 0) is 61.9 Å². The number of rotatable bonds is 3. The number of hydrogen-bond donors (Lipinski definition) is 2. The summed E-state index contributed by atoms with van der Waals surface area (Å²) in [7, 11) is 0. The molecule has 2 aromatic carbocycles. The quantitative estimate of drug-likeness (QED) is 0.750. The largest absolute Gasteiger partial charge is 0.486 e. The minimum Gasteiger partial charge on any atom is -0.486 e. The SMILES string of the molecule is C[C@H](NC(=O)[C@@H]1C[C@@H]2CC[C@@H]1C[C@@]21NC(=O)c2ccccc2O1)c1ccc2c(c1)OCCO2. The van der Waals surface area contributed by atoms with E-state index in [1.165, 1.54) is 0 Å². The Morgan fingerprint density at radius 1 is 1.09 bits per heavy atom. The van der Waals surface area contributed by atoms with Crippen LogP contribution in [0.5, 0.6) is 17.2 Å². The third-order valence-electron chi connectivity index (χ3n) is 7.73. The third-order valence-corrected chi connectivity index (χ3v) is 7.73. The molecule has 172 valence electrons. The molecule has 2 amide bonds. The highest BCUT2D eigenvalue weighted by atomic mass is 16.6. The van der Waals surface area contributed by atoms with Crippen LogP contribution >= 0.6 is 0 Å². The highest BCUT2D eigenvalue weighted by molar-refractivity contribution is 5.98. The molecule has 1 spiro atoms. The van der Waals surface area contributed by atoms with E-state index in [9.17, 15) is 9.59 Å². The van der Waals surface area contributed by atoms with Gasteiger partial charge in [-0.25, -0.2) is 0 Å². The molecule has 3 fully saturated rings. The van der Waals surface area contributed by atoms with E-state index < -0.39 is 5.72 Å². The first-order valence-corrected chi connectivity index (χ1v) is 11.8. The van der Waals surface area contributed by atoms with E-state index in [4.69, 9.17) is 14.2 Å². The summed E-state index contributed by atoms with van der Waals surface area (Å²) in [5, 5.41) is 6.37. The monoisotopic (exact) mass is 448 g/mol. The topological polar surface area (TPSA) is 85.9 Å². The second kappa shape index (κ2) is 7.68. The van der Waals surface area contributed by atoms with E-state index in [1.807, 2.05) is 43.3 Å². The summed E-state index contributed by atoms with van der Waals surface area (Å²) >= 11 is 0. The average Bonchev–Trinajstić information content (AvgIpc) is 2.84. The minimum atomic E-state index is -0.702. The van der Waals surface area contributed by atoms with Crippen LogP contribution in [0.4, 0.5) is 0 Å². The molecule has 3 saturated carbocycles. The molecule has 0 radical (unpaired) electrons. The predicted molar refractivity (Wildman–Crippen MR) is 120 cm³/mol. The highest BCUT2D eigenvalue weighted by Gasteiger charge is 2.57. The number of para-hydroxylation sites is 1. The van der Waals surface area contributed by atoms with Crippen LogP contribution in [0.25, 0.3) is 0 Å². The number of carbonyl (C=O) groups excluding carboxylic acids is 2. The Kier molecular flexibility index (Phi) is 4.75. The molecule has 33 heavy (non-hydrogen) atoms. The van der Waals surface area contributed by atoms with Gasteiger partial charge in [0.05, 0.1) is 11.6 Å². The third kappa shape index (κ3) is 3.41. The molecule has 0 aromatic heterocycles. The van der Waals surface area contributed by atoms with Gasteiger partial charge in [-0.2, -0.15) is 0 Å². The highest BCUT2D eigenvalue weighted by Crippen LogP contribution is 2.52. The average molecular weight is 449 g/mol. The van der Waals surface area contributed by atoms with Gasteiger partial charge in [0.25, 0.3) is 5.91 Å². The van der Waals surface area contributed by atoms with Crippen molar-refractivity contribution >= 4 is 11.8 Å². The fourth-order valence-corrected chi connectivity index (χ4v) is 6.01. The lowest BCUT2D eigenvalue weighted by atomic mass is 9.60. The first kappa shape index (κ1) is 20.4. The maximum Gasteiger partial charge on any atom is 0.258 e. The number of ether oxygens (including phenoxy) is 3. The number of fused-ring (bicyclic) bond motifs is 4. The summed E-state index contributed by atoms with van der Waals surface area (Å²) < 4.78 is 17.7. The molecular weight excluding hydrogens is 420 g/mol. The molecule has 0 saturated heterocycles. The summed E-state index contributed by atoms with van der Waals surface area (Å²) in [6.07, 6.45) is 3.30. The molecule has 2 bridgehead atoms. The number of carbonyl (C=O) groups is 2. The van der Waals surface area contributed by atoms with Crippen LogP contribution in [0.2, 0.25) is 0 Å². The number of hydrogen-bond acceptors (Lipinski definition) is 5. The van der Waals surface area contributed by atoms with Gasteiger partial charge < -0.3 is 24.8 Å². The van der Waals surface area contributed by atoms with Gasteiger partial charge in [0.15, 0.2) is 17.2 Å². The van der Waals surface area contributed by atoms with Gasteiger partial charge in [0, 0.05) is 18.3 Å². The van der Waals surface area contributed by atoms with Crippen molar-refractivity contribution in [1.29, 1.82) is 0 Å². The predicted octanol–water partition coefficient (Wildman–Crippen LogP) is 3.59. The zero-order valence-corrected chi connectivity index (χ0v) is 18.6. The molecule has 2 N–H and O–H groups in total. The lowest BCUT2D eigenvalue weighted by Crippen LogP contribution is -2.66. The van der Waals surface area contributed by atoms with E-state index >= 15 is 0 Å². The van der Waals surface area contributed by atoms with Crippen LogP contribution in [0.15, 0.2) is 42.5 Å². The molecule has 2 aromatic rings. The van der Waals surface area contributed by atoms with Gasteiger partial charge >= 0.3 is 0 Å². The fraction of sp³-hybridized carbons (Fsp3) is 0.462. The van der Waals surface area contributed by atoms with Crippen LogP contribution in [0, 0.1) is 17.8 Å². The Morgan fingerprint density at radius 2 is 1.91 bits per heavy atom. The Bertz CT molecular complexity index is 1120. The van der Waals surface area contributed by atoms with Gasteiger partial charge in [0.1, 0.15) is 19.0 Å². The van der Waals surface area contributed by atoms with E-state index in [0.29, 0.717) is 37.4 Å². The Balaban J connectivity index is 1.16. The van der Waals surface area contributed by atoms with Gasteiger partial charge in [-0.15, -0.1) is 0 Å². The lowest BCUT2D eigenvalue weighted by Gasteiger charge is -2.55. The zero-order valence-electron chi connectivity index (χ0n) is 18.6. The van der Waals surface area contributed by atoms with Crippen molar-refractivity contribution in [2.24, 2.45) is 17.8 Å². The standard InChI is InChI=1S/C26H28N2O5/c1-15(16-7-9-22-23(12-16)32-11-10-31-22)27-24(29)20-13-18-8-6-17(20)14-26(18)28-25(30)19-4-2-3-5-21(19)33-26/h2-5,7,9,12,15,17-18,20H,6,8,10-11,13-14H2,1H3,(H,27,29)(H,28,30)/t15-,17+,18-,20+,26-/m0/s1. The molecule has 7 nitrogen and oxygen atoms in total. The summed E-state index contributed by atoms with van der Waals surface area (Å²) in [6, 6.07) is 13.1. The fourth-order valence-electron chi connectivity index (χ4n) is 6.01. The van der Waals surface area contributed by atoms with Crippen LogP contribution in [-0.4, -0.2) is 30.8 Å². The molecule has 7 rings (SSSR count). The molecule has 3 aliphatic carbocycles. The maximum atomic E-state index is 13.3. The first-order valence-electron chi connectivity index (χ1n) is 11.8. The van der Waals surface area contributed by atoms with Crippen LogP contribution in [-0.2, 0) is 4.79 Å². The van der Waals surface area contributed by atoms with Gasteiger partial charge in [0.2, 0.25) is 5.91 Å². The number of nitrogens with one attached hydrogen (secondary N) is 2.